The van der Waals surface area contributed by atoms with Crippen LogP contribution in [-0.4, -0.2) is 28.7 Å². The molecule has 0 spiro atoms. The zero-order valence-corrected chi connectivity index (χ0v) is 16.5. The Morgan fingerprint density at radius 3 is 2.65 bits per heavy atom. The van der Waals surface area contributed by atoms with E-state index in [4.69, 9.17) is 4.74 Å². The third-order valence-electron chi connectivity index (χ3n) is 3.54. The number of rotatable bonds is 8. The molecule has 0 saturated heterocycles. The summed E-state index contributed by atoms with van der Waals surface area (Å²) in [5.41, 5.74) is 1.48. The summed E-state index contributed by atoms with van der Waals surface area (Å²) in [4.78, 5) is 28.2. The van der Waals surface area contributed by atoms with Crippen LogP contribution in [0.1, 0.15) is 38.1 Å². The molecule has 26 heavy (non-hydrogen) atoms. The molecule has 0 aliphatic rings. The van der Waals surface area contributed by atoms with Crippen molar-refractivity contribution in [2.45, 2.75) is 42.8 Å². The maximum Gasteiger partial charge on any atom is 0.311 e. The Hall–Kier alpha value is -1.93. The number of halogens is 1. The summed E-state index contributed by atoms with van der Waals surface area (Å²) in [7, 11) is 0. The number of nitrogens with one attached hydrogen (secondary N) is 1. The van der Waals surface area contributed by atoms with E-state index in [2.05, 4.69) is 10.3 Å². The number of amides is 1. The number of aromatic nitrogens is 1. The van der Waals surface area contributed by atoms with Gasteiger partial charge in [0.25, 0.3) is 0 Å². The van der Waals surface area contributed by atoms with Crippen LogP contribution in [0.5, 0.6) is 0 Å². The Morgan fingerprint density at radius 1 is 1.31 bits per heavy atom. The van der Waals surface area contributed by atoms with E-state index in [1.165, 1.54) is 35.2 Å². The van der Waals surface area contributed by atoms with Gasteiger partial charge in [-0.2, -0.15) is 0 Å². The van der Waals surface area contributed by atoms with E-state index in [1.807, 2.05) is 6.92 Å². The summed E-state index contributed by atoms with van der Waals surface area (Å²) in [6.07, 6.45) is 0.132. The molecule has 0 radical (unpaired) electrons. The highest BCUT2D eigenvalue weighted by molar-refractivity contribution is 8.02. The minimum absolute atomic E-state index is 0.131. The number of thioether (sulfide) groups is 1. The number of nitrogens with zero attached hydrogens (tertiary/aromatic N) is 1. The van der Waals surface area contributed by atoms with Crippen molar-refractivity contribution in [3.05, 3.63) is 46.7 Å². The molecular weight excluding hydrogens is 375 g/mol. The lowest BCUT2D eigenvalue weighted by molar-refractivity contribution is -0.142. The number of esters is 1. The van der Waals surface area contributed by atoms with Crippen molar-refractivity contribution in [2.75, 3.05) is 6.61 Å². The first-order chi connectivity index (χ1) is 12.4. The van der Waals surface area contributed by atoms with Gasteiger partial charge in [0.1, 0.15) is 5.82 Å². The summed E-state index contributed by atoms with van der Waals surface area (Å²) in [6.45, 7) is 5.74. The predicted molar refractivity (Wildman–Crippen MR) is 101 cm³/mol. The number of hydrogen-bond acceptors (Lipinski definition) is 6. The molecule has 1 aromatic carbocycles. The molecule has 0 saturated carbocycles. The Kier molecular flexibility index (Phi) is 7.59. The molecule has 0 bridgehead atoms. The van der Waals surface area contributed by atoms with Crippen LogP contribution in [0.3, 0.4) is 0 Å². The van der Waals surface area contributed by atoms with Crippen LogP contribution in [-0.2, 0) is 20.7 Å². The van der Waals surface area contributed by atoms with Crippen LogP contribution in [0.15, 0.2) is 34.0 Å². The Balaban J connectivity index is 1.87. The average molecular weight is 397 g/mol. The van der Waals surface area contributed by atoms with Gasteiger partial charge in [-0.05, 0) is 38.5 Å². The highest BCUT2D eigenvalue weighted by Crippen LogP contribution is 2.27. The monoisotopic (exact) mass is 396 g/mol. The molecule has 1 aromatic heterocycles. The van der Waals surface area contributed by atoms with Crippen LogP contribution in [0.25, 0.3) is 0 Å². The zero-order chi connectivity index (χ0) is 19.1. The summed E-state index contributed by atoms with van der Waals surface area (Å²) in [5, 5.41) is 4.36. The SMILES string of the molecule is CCOC(=O)Cc1csc(S[C@@H](C)C(=O)N[C@H](C)c2ccc(F)cc2)n1. The average Bonchev–Trinajstić information content (AvgIpc) is 3.02. The lowest BCUT2D eigenvalue weighted by Crippen LogP contribution is -2.33. The molecule has 0 fully saturated rings. The van der Waals surface area contributed by atoms with Crippen molar-refractivity contribution in [2.24, 2.45) is 0 Å². The predicted octanol–water partition coefficient (Wildman–Crippen LogP) is 3.75. The summed E-state index contributed by atoms with van der Waals surface area (Å²) in [6, 6.07) is 5.83. The van der Waals surface area contributed by atoms with Gasteiger partial charge in [0, 0.05) is 5.38 Å². The second kappa shape index (κ2) is 9.68. The van der Waals surface area contributed by atoms with Crippen molar-refractivity contribution in [1.82, 2.24) is 10.3 Å². The van der Waals surface area contributed by atoms with Crippen molar-refractivity contribution >= 4 is 35.0 Å². The van der Waals surface area contributed by atoms with E-state index in [0.29, 0.717) is 12.3 Å². The van der Waals surface area contributed by atoms with Gasteiger partial charge in [-0.3, -0.25) is 9.59 Å². The number of thiazole rings is 1. The molecule has 5 nitrogen and oxygen atoms in total. The first-order valence-electron chi connectivity index (χ1n) is 8.21. The zero-order valence-electron chi connectivity index (χ0n) is 14.8. The summed E-state index contributed by atoms with van der Waals surface area (Å²) in [5.74, 6) is -0.749. The Morgan fingerprint density at radius 2 is 2.00 bits per heavy atom. The van der Waals surface area contributed by atoms with Gasteiger partial charge >= 0.3 is 5.97 Å². The van der Waals surface area contributed by atoms with E-state index >= 15 is 0 Å². The molecule has 1 amide bonds. The van der Waals surface area contributed by atoms with E-state index in [-0.39, 0.29) is 35.4 Å². The van der Waals surface area contributed by atoms with Crippen LogP contribution >= 0.6 is 23.1 Å². The lowest BCUT2D eigenvalue weighted by Gasteiger charge is -2.17. The van der Waals surface area contributed by atoms with E-state index in [0.717, 1.165) is 9.90 Å². The fourth-order valence-corrected chi connectivity index (χ4v) is 4.14. The number of carbonyl (C=O) groups excluding carboxylic acids is 2. The Bertz CT molecular complexity index is 749. The maximum absolute atomic E-state index is 13.0. The van der Waals surface area contributed by atoms with Crippen molar-refractivity contribution < 1.29 is 18.7 Å². The number of ether oxygens (including phenoxy) is 1. The van der Waals surface area contributed by atoms with Crippen molar-refractivity contribution in [3.63, 3.8) is 0 Å². The normalized spacial score (nSPS) is 13.1. The van der Waals surface area contributed by atoms with Crippen LogP contribution in [0.4, 0.5) is 4.39 Å². The molecule has 2 aromatic rings. The maximum atomic E-state index is 13.0. The van der Waals surface area contributed by atoms with Crippen molar-refractivity contribution in [1.29, 1.82) is 0 Å². The number of carbonyl (C=O) groups is 2. The topological polar surface area (TPSA) is 68.3 Å². The standard InChI is InChI=1S/C18H21FN2O3S2/c1-4-24-16(22)9-15-10-25-18(21-15)26-12(3)17(23)20-11(2)13-5-7-14(19)8-6-13/h5-8,10-12H,4,9H2,1-3H3,(H,20,23)/t11-,12+/m1/s1. The molecule has 1 N–H and O–H groups in total. The van der Waals surface area contributed by atoms with Crippen molar-refractivity contribution in [3.8, 4) is 0 Å². The molecule has 0 unspecified atom stereocenters. The third-order valence-corrected chi connectivity index (χ3v) is 5.66. The van der Waals surface area contributed by atoms with Gasteiger partial charge in [-0.15, -0.1) is 11.3 Å². The minimum atomic E-state index is -0.348. The van der Waals surface area contributed by atoms with Gasteiger partial charge < -0.3 is 10.1 Å². The molecule has 8 heteroatoms. The van der Waals surface area contributed by atoms with E-state index in [1.54, 1.807) is 31.4 Å². The highest BCUT2D eigenvalue weighted by Gasteiger charge is 2.19. The minimum Gasteiger partial charge on any atom is -0.466 e. The van der Waals surface area contributed by atoms with Crippen LogP contribution in [0, 0.1) is 5.82 Å². The Labute approximate surface area is 160 Å². The highest BCUT2D eigenvalue weighted by atomic mass is 32.2. The van der Waals surface area contributed by atoms with Crippen LogP contribution < -0.4 is 5.32 Å². The van der Waals surface area contributed by atoms with Gasteiger partial charge in [0.05, 0.1) is 30.0 Å². The first kappa shape index (κ1) is 20.4. The second-order valence-corrected chi connectivity index (χ2v) is 8.07. The van der Waals surface area contributed by atoms with Gasteiger partial charge in [-0.1, -0.05) is 23.9 Å². The third kappa shape index (κ3) is 6.10. The second-order valence-electron chi connectivity index (χ2n) is 5.63. The smallest absolute Gasteiger partial charge is 0.311 e. The molecule has 1 heterocycles. The lowest BCUT2D eigenvalue weighted by atomic mass is 10.1. The van der Waals surface area contributed by atoms with Gasteiger partial charge in [0.2, 0.25) is 5.91 Å². The molecule has 2 atom stereocenters. The number of hydrogen-bond donors (Lipinski definition) is 1. The van der Waals surface area contributed by atoms with Gasteiger partial charge in [-0.25, -0.2) is 9.37 Å². The molecule has 2 rings (SSSR count). The summed E-state index contributed by atoms with van der Waals surface area (Å²) >= 11 is 2.73. The molecule has 0 aliphatic heterocycles. The fourth-order valence-electron chi connectivity index (χ4n) is 2.15. The van der Waals surface area contributed by atoms with Crippen LogP contribution in [0.2, 0.25) is 0 Å². The molecular formula is C18H21FN2O3S2. The van der Waals surface area contributed by atoms with E-state index < -0.39 is 0 Å². The number of benzene rings is 1. The quantitative estimate of drug-likeness (QED) is 0.544. The summed E-state index contributed by atoms with van der Waals surface area (Å²) < 4.78 is 18.6. The fraction of sp³-hybridized carbons (Fsp3) is 0.389. The first-order valence-corrected chi connectivity index (χ1v) is 9.97. The molecule has 0 aliphatic carbocycles. The molecule has 140 valence electrons. The van der Waals surface area contributed by atoms with E-state index in [9.17, 15) is 14.0 Å². The largest absolute Gasteiger partial charge is 0.466 e. The van der Waals surface area contributed by atoms with Gasteiger partial charge in [0.15, 0.2) is 4.34 Å².